The van der Waals surface area contributed by atoms with Gasteiger partial charge in [-0.2, -0.15) is 8.42 Å². The van der Waals surface area contributed by atoms with Crippen molar-refractivity contribution in [2.75, 3.05) is 19.8 Å². The first-order chi connectivity index (χ1) is 8.97. The SMILES string of the molecule is C=CCOCC=C.C=CCOS(=O)(=O)O.O=P(O)(O)O. The average molecular weight is 334 g/mol. The third kappa shape index (κ3) is 67.3. The summed E-state index contributed by atoms with van der Waals surface area (Å²) < 4.78 is 44.8. The molecule has 0 aromatic rings. The molecule has 0 atom stereocenters. The van der Waals surface area contributed by atoms with E-state index in [0.29, 0.717) is 13.2 Å². The molecule has 0 unspecified atom stereocenters. The second-order valence-corrected chi connectivity index (χ2v) is 4.75. The van der Waals surface area contributed by atoms with Crippen LogP contribution in [0.4, 0.5) is 0 Å². The molecule has 120 valence electrons. The van der Waals surface area contributed by atoms with Gasteiger partial charge in [-0.3, -0.25) is 4.55 Å². The minimum Gasteiger partial charge on any atom is -0.373 e. The van der Waals surface area contributed by atoms with Gasteiger partial charge in [-0.25, -0.2) is 8.75 Å². The highest BCUT2D eigenvalue weighted by Gasteiger charge is 2.00. The van der Waals surface area contributed by atoms with Gasteiger partial charge in [-0.1, -0.05) is 18.2 Å². The Morgan fingerprint density at radius 3 is 1.40 bits per heavy atom. The predicted molar refractivity (Wildman–Crippen MR) is 73.2 cm³/mol. The Hall–Kier alpha value is -0.840. The zero-order valence-electron chi connectivity index (χ0n) is 10.7. The minimum absolute atomic E-state index is 0.196. The van der Waals surface area contributed by atoms with Gasteiger partial charge in [0.1, 0.15) is 0 Å². The fourth-order valence-electron chi connectivity index (χ4n) is 0.369. The van der Waals surface area contributed by atoms with Crippen molar-refractivity contribution in [1.29, 1.82) is 0 Å². The lowest BCUT2D eigenvalue weighted by molar-refractivity contribution is 0.194. The first kappa shape index (κ1) is 24.2. The van der Waals surface area contributed by atoms with Crippen LogP contribution in [0.3, 0.4) is 0 Å². The summed E-state index contributed by atoms with van der Waals surface area (Å²) >= 11 is 0. The van der Waals surface area contributed by atoms with Crippen molar-refractivity contribution < 1.29 is 41.1 Å². The number of hydrogen-bond donors (Lipinski definition) is 4. The molecule has 0 amide bonds. The van der Waals surface area contributed by atoms with E-state index in [1.165, 1.54) is 6.08 Å². The smallest absolute Gasteiger partial charge is 0.373 e. The first-order valence-electron chi connectivity index (χ1n) is 4.78. The Morgan fingerprint density at radius 1 is 0.950 bits per heavy atom. The molecule has 4 N–H and O–H groups in total. The lowest BCUT2D eigenvalue weighted by Gasteiger charge is -1.90. The van der Waals surface area contributed by atoms with Crippen molar-refractivity contribution in [2.45, 2.75) is 0 Å². The number of hydrogen-bond acceptors (Lipinski definition) is 5. The zero-order valence-corrected chi connectivity index (χ0v) is 12.4. The van der Waals surface area contributed by atoms with Crippen LogP contribution in [-0.4, -0.2) is 47.5 Å². The highest BCUT2D eigenvalue weighted by atomic mass is 32.3. The molecule has 0 rings (SSSR count). The van der Waals surface area contributed by atoms with E-state index in [1.54, 1.807) is 12.2 Å². The van der Waals surface area contributed by atoms with E-state index in [0.717, 1.165) is 0 Å². The van der Waals surface area contributed by atoms with Crippen LogP contribution in [0.1, 0.15) is 0 Å². The molecule has 0 spiro atoms. The van der Waals surface area contributed by atoms with E-state index in [9.17, 15) is 8.42 Å². The Labute approximate surface area is 118 Å². The van der Waals surface area contributed by atoms with Crippen molar-refractivity contribution in [1.82, 2.24) is 0 Å². The van der Waals surface area contributed by atoms with Gasteiger partial charge in [0, 0.05) is 0 Å². The standard InChI is InChI=1S/C6H10O.C3H6O4S.H3O4P/c1-3-5-7-6-4-2;1-2-3-7-8(4,5)6;1-5(2,3)4/h3-4H,1-2,5-6H2;2H,1,3H2,(H,4,5,6);(H3,1,2,3,4). The number of rotatable bonds is 7. The lowest BCUT2D eigenvalue weighted by Crippen LogP contribution is -2.02. The maximum absolute atomic E-state index is 9.68. The maximum atomic E-state index is 9.68. The molecule has 0 aromatic carbocycles. The summed E-state index contributed by atoms with van der Waals surface area (Å²) in [6.07, 6.45) is 4.64. The summed E-state index contributed by atoms with van der Waals surface area (Å²) in [5, 5.41) is 0. The minimum atomic E-state index is -4.64. The van der Waals surface area contributed by atoms with Gasteiger partial charge in [0.05, 0.1) is 19.8 Å². The van der Waals surface area contributed by atoms with E-state index in [-0.39, 0.29) is 6.61 Å². The van der Waals surface area contributed by atoms with Crippen LogP contribution in [0.5, 0.6) is 0 Å². The van der Waals surface area contributed by atoms with E-state index >= 15 is 0 Å². The molecule has 0 bridgehead atoms. The molecule has 0 aliphatic carbocycles. The molecule has 0 aliphatic heterocycles. The Kier molecular flexibility index (Phi) is 17.6. The summed E-state index contributed by atoms with van der Waals surface area (Å²) in [5.41, 5.74) is 0. The zero-order chi connectivity index (χ0) is 16.7. The van der Waals surface area contributed by atoms with Gasteiger partial charge in [0.2, 0.25) is 0 Å². The quantitative estimate of drug-likeness (QED) is 0.225. The van der Waals surface area contributed by atoms with Gasteiger partial charge < -0.3 is 19.4 Å². The van der Waals surface area contributed by atoms with Crippen LogP contribution in [0, 0.1) is 0 Å². The van der Waals surface area contributed by atoms with Crippen LogP contribution in [0.15, 0.2) is 38.0 Å². The summed E-state index contributed by atoms with van der Waals surface area (Å²) in [5.74, 6) is 0. The Morgan fingerprint density at radius 2 is 1.25 bits per heavy atom. The largest absolute Gasteiger partial charge is 0.466 e. The van der Waals surface area contributed by atoms with E-state index in [2.05, 4.69) is 23.9 Å². The molecule has 11 heteroatoms. The topological polar surface area (TPSA) is 151 Å². The van der Waals surface area contributed by atoms with E-state index in [1.807, 2.05) is 0 Å². The maximum Gasteiger partial charge on any atom is 0.466 e. The monoisotopic (exact) mass is 334 g/mol. The fourth-order valence-corrected chi connectivity index (χ4v) is 0.637. The van der Waals surface area contributed by atoms with Crippen molar-refractivity contribution in [3.05, 3.63) is 38.0 Å². The van der Waals surface area contributed by atoms with Crippen molar-refractivity contribution in [3.63, 3.8) is 0 Å². The van der Waals surface area contributed by atoms with Gasteiger partial charge in [-0.05, 0) is 0 Å². The molecule has 0 fully saturated rings. The Bertz CT molecular complexity index is 381. The van der Waals surface area contributed by atoms with Crippen LogP contribution in [0.2, 0.25) is 0 Å². The molecule has 9 nitrogen and oxygen atoms in total. The third-order valence-corrected chi connectivity index (χ3v) is 1.24. The van der Waals surface area contributed by atoms with Gasteiger partial charge in [-0.15, -0.1) is 19.7 Å². The van der Waals surface area contributed by atoms with Crippen LogP contribution < -0.4 is 0 Å². The van der Waals surface area contributed by atoms with Crippen LogP contribution in [0.25, 0.3) is 0 Å². The van der Waals surface area contributed by atoms with Gasteiger partial charge in [0.15, 0.2) is 0 Å². The number of ether oxygens (including phenoxy) is 1. The van der Waals surface area contributed by atoms with Gasteiger partial charge >= 0.3 is 18.2 Å². The van der Waals surface area contributed by atoms with Crippen LogP contribution >= 0.6 is 7.82 Å². The Balaban J connectivity index is -0.000000223. The average Bonchev–Trinajstić information content (AvgIpc) is 2.25. The fraction of sp³-hybridized carbons (Fsp3) is 0.333. The molecule has 0 saturated heterocycles. The summed E-state index contributed by atoms with van der Waals surface area (Å²) in [6, 6.07) is 0. The highest BCUT2D eigenvalue weighted by molar-refractivity contribution is 7.80. The molecule has 0 radical (unpaired) electrons. The molecule has 0 aromatic heterocycles. The molecule has 20 heavy (non-hydrogen) atoms. The third-order valence-electron chi connectivity index (χ3n) is 0.806. The first-order valence-corrected chi connectivity index (χ1v) is 7.71. The predicted octanol–water partition coefficient (Wildman–Crippen LogP) is 0.438. The molecular formula is C9H19O9PS. The number of phosphoric acid groups is 1. The van der Waals surface area contributed by atoms with Crippen LogP contribution in [-0.2, 0) is 23.9 Å². The van der Waals surface area contributed by atoms with Crippen molar-refractivity contribution >= 4 is 18.2 Å². The second kappa shape index (κ2) is 14.6. The van der Waals surface area contributed by atoms with Gasteiger partial charge in [0.25, 0.3) is 0 Å². The summed E-state index contributed by atoms with van der Waals surface area (Å²) in [7, 11) is -8.90. The highest BCUT2D eigenvalue weighted by Crippen LogP contribution is 2.25. The van der Waals surface area contributed by atoms with Crippen molar-refractivity contribution in [2.24, 2.45) is 0 Å². The summed E-state index contributed by atoms with van der Waals surface area (Å²) in [6.45, 7) is 11.1. The lowest BCUT2D eigenvalue weighted by atomic mass is 10.6. The van der Waals surface area contributed by atoms with E-state index < -0.39 is 18.2 Å². The summed E-state index contributed by atoms with van der Waals surface area (Å²) in [4.78, 5) is 21.6. The second-order valence-electron chi connectivity index (χ2n) is 2.63. The van der Waals surface area contributed by atoms with Crippen molar-refractivity contribution in [3.8, 4) is 0 Å². The normalized spacial score (nSPS) is 10.2. The van der Waals surface area contributed by atoms with E-state index in [4.69, 9.17) is 28.5 Å². The molecule has 0 aliphatic rings. The molecule has 0 saturated carbocycles. The molecular weight excluding hydrogens is 315 g/mol. The molecule has 0 heterocycles.